The van der Waals surface area contributed by atoms with Crippen molar-refractivity contribution in [2.45, 2.75) is 12.5 Å². The van der Waals surface area contributed by atoms with E-state index in [0.717, 1.165) is 23.4 Å². The lowest BCUT2D eigenvalue weighted by Crippen LogP contribution is -2.38. The van der Waals surface area contributed by atoms with Crippen molar-refractivity contribution in [1.82, 2.24) is 10.2 Å². The summed E-state index contributed by atoms with van der Waals surface area (Å²) in [7, 11) is 7.40. The molecule has 2 aromatic rings. The third kappa shape index (κ3) is 7.71. The number of aliphatic imine (C=N–C) groups is 1. The average Bonchev–Trinajstić information content (AvgIpc) is 2.72. The Morgan fingerprint density at radius 1 is 1.14 bits per heavy atom. The number of nitrogens with zero attached hydrogens (tertiary/aromatic N) is 2. The number of benzene rings is 2. The third-order valence-electron chi connectivity index (χ3n) is 4.42. The van der Waals surface area contributed by atoms with Crippen molar-refractivity contribution in [2.24, 2.45) is 4.99 Å². The van der Waals surface area contributed by atoms with Gasteiger partial charge in [0.15, 0.2) is 5.96 Å². The van der Waals surface area contributed by atoms with Crippen molar-refractivity contribution in [1.29, 1.82) is 0 Å². The molecule has 0 saturated carbocycles. The molecule has 6 nitrogen and oxygen atoms in total. The zero-order valence-electron chi connectivity index (χ0n) is 17.6. The van der Waals surface area contributed by atoms with Crippen LogP contribution in [-0.2, 0) is 4.74 Å². The molecule has 29 heavy (non-hydrogen) atoms. The highest BCUT2D eigenvalue weighted by atomic mass is 19.1. The number of rotatable bonds is 10. The van der Waals surface area contributed by atoms with Gasteiger partial charge in [-0.25, -0.2) is 4.39 Å². The number of ether oxygens (including phenoxy) is 2. The van der Waals surface area contributed by atoms with Gasteiger partial charge >= 0.3 is 0 Å². The lowest BCUT2D eigenvalue weighted by atomic mass is 10.1. The average molecular weight is 403 g/mol. The van der Waals surface area contributed by atoms with Crippen LogP contribution >= 0.6 is 0 Å². The van der Waals surface area contributed by atoms with E-state index in [0.29, 0.717) is 25.7 Å². The van der Waals surface area contributed by atoms with Gasteiger partial charge in [-0.1, -0.05) is 18.2 Å². The molecule has 2 N–H and O–H groups in total. The molecule has 0 amide bonds. The summed E-state index contributed by atoms with van der Waals surface area (Å²) in [4.78, 5) is 6.38. The van der Waals surface area contributed by atoms with Gasteiger partial charge in [0.2, 0.25) is 0 Å². The molecule has 1 unspecified atom stereocenters. The predicted molar refractivity (Wildman–Crippen MR) is 116 cm³/mol. The molecule has 1 atom stereocenters. The van der Waals surface area contributed by atoms with Crippen molar-refractivity contribution >= 4 is 11.6 Å². The lowest BCUT2D eigenvalue weighted by Gasteiger charge is -2.26. The maximum atomic E-state index is 13.2. The molecule has 2 aromatic carbocycles. The molecule has 0 heterocycles. The molecule has 0 saturated heterocycles. The molecule has 0 spiro atoms. The van der Waals surface area contributed by atoms with Crippen LogP contribution in [0.4, 0.5) is 10.1 Å². The van der Waals surface area contributed by atoms with Crippen LogP contribution in [-0.4, -0.2) is 58.9 Å². The fourth-order valence-corrected chi connectivity index (χ4v) is 2.85. The number of methoxy groups -OCH3 is 1. The van der Waals surface area contributed by atoms with Crippen LogP contribution in [0.1, 0.15) is 18.0 Å². The zero-order valence-corrected chi connectivity index (χ0v) is 17.6. The van der Waals surface area contributed by atoms with Gasteiger partial charge in [0.05, 0.1) is 12.6 Å². The quantitative estimate of drug-likeness (QED) is 0.362. The Morgan fingerprint density at radius 2 is 1.90 bits per heavy atom. The SMILES string of the molecule is CN=C(NCC(c1ccc(F)cc1)N(C)C)Nc1cccc(OCCCOC)c1. The van der Waals surface area contributed by atoms with Gasteiger partial charge < -0.3 is 25.0 Å². The predicted octanol–water partition coefficient (Wildman–Crippen LogP) is 3.53. The zero-order chi connectivity index (χ0) is 21.1. The summed E-state index contributed by atoms with van der Waals surface area (Å²) in [6, 6.07) is 14.4. The van der Waals surface area contributed by atoms with E-state index in [1.54, 1.807) is 14.2 Å². The van der Waals surface area contributed by atoms with Crippen LogP contribution in [0.5, 0.6) is 5.75 Å². The smallest absolute Gasteiger partial charge is 0.195 e. The van der Waals surface area contributed by atoms with Gasteiger partial charge in [-0.3, -0.25) is 4.99 Å². The Morgan fingerprint density at radius 3 is 2.55 bits per heavy atom. The number of likely N-dealkylation sites (N-methyl/N-ethyl adjacent to an activating group) is 1. The van der Waals surface area contributed by atoms with Crippen LogP contribution in [0.2, 0.25) is 0 Å². The first-order valence-electron chi connectivity index (χ1n) is 9.65. The molecule has 0 bridgehead atoms. The van der Waals surface area contributed by atoms with E-state index in [4.69, 9.17) is 9.47 Å². The van der Waals surface area contributed by atoms with Gasteiger partial charge in [0.25, 0.3) is 0 Å². The van der Waals surface area contributed by atoms with Gasteiger partial charge in [-0.15, -0.1) is 0 Å². The summed E-state index contributed by atoms with van der Waals surface area (Å²) in [5, 5.41) is 6.62. The first-order valence-corrected chi connectivity index (χ1v) is 9.65. The molecule has 158 valence electrons. The first-order chi connectivity index (χ1) is 14.0. The van der Waals surface area contributed by atoms with Gasteiger partial charge in [0.1, 0.15) is 11.6 Å². The molecule has 0 aromatic heterocycles. The van der Waals surface area contributed by atoms with Crippen molar-refractivity contribution in [3.05, 3.63) is 59.9 Å². The topological polar surface area (TPSA) is 58.1 Å². The number of halogens is 1. The highest BCUT2D eigenvalue weighted by Crippen LogP contribution is 2.19. The van der Waals surface area contributed by atoms with E-state index in [9.17, 15) is 4.39 Å². The minimum Gasteiger partial charge on any atom is -0.493 e. The Bertz CT molecular complexity index is 766. The second kappa shape index (κ2) is 12.0. The fourth-order valence-electron chi connectivity index (χ4n) is 2.85. The van der Waals surface area contributed by atoms with Gasteiger partial charge in [-0.05, 0) is 43.9 Å². The molecule has 7 heteroatoms. The van der Waals surface area contributed by atoms with Crippen molar-refractivity contribution in [3.63, 3.8) is 0 Å². The van der Waals surface area contributed by atoms with E-state index < -0.39 is 0 Å². The van der Waals surface area contributed by atoms with E-state index in [-0.39, 0.29) is 11.9 Å². The summed E-state index contributed by atoms with van der Waals surface area (Å²) in [5.41, 5.74) is 1.91. The lowest BCUT2D eigenvalue weighted by molar-refractivity contribution is 0.172. The van der Waals surface area contributed by atoms with Crippen molar-refractivity contribution in [2.75, 3.05) is 53.3 Å². The van der Waals surface area contributed by atoms with Crippen molar-refractivity contribution in [3.8, 4) is 5.75 Å². The molecule has 0 aliphatic carbocycles. The first kappa shape index (κ1) is 22.6. The van der Waals surface area contributed by atoms with Crippen LogP contribution in [0.25, 0.3) is 0 Å². The minimum atomic E-state index is -0.235. The summed E-state index contributed by atoms with van der Waals surface area (Å²) in [6.45, 7) is 1.90. The highest BCUT2D eigenvalue weighted by molar-refractivity contribution is 5.93. The molecule has 0 radical (unpaired) electrons. The monoisotopic (exact) mass is 402 g/mol. The fraction of sp³-hybridized carbons (Fsp3) is 0.409. The van der Waals surface area contributed by atoms with Crippen molar-refractivity contribution < 1.29 is 13.9 Å². The third-order valence-corrected chi connectivity index (χ3v) is 4.42. The second-order valence-corrected chi connectivity index (χ2v) is 6.83. The molecule has 0 aliphatic heterocycles. The Kier molecular flexibility index (Phi) is 9.40. The maximum Gasteiger partial charge on any atom is 0.195 e. The Labute approximate surface area is 172 Å². The van der Waals surface area contributed by atoms with Crippen LogP contribution in [0.3, 0.4) is 0 Å². The largest absolute Gasteiger partial charge is 0.493 e. The van der Waals surface area contributed by atoms with E-state index in [2.05, 4.69) is 20.5 Å². The van der Waals surface area contributed by atoms with E-state index >= 15 is 0 Å². The maximum absolute atomic E-state index is 13.2. The summed E-state index contributed by atoms with van der Waals surface area (Å²) in [6.07, 6.45) is 0.840. The summed E-state index contributed by atoms with van der Waals surface area (Å²) in [5.74, 6) is 1.20. The number of hydrogen-bond acceptors (Lipinski definition) is 4. The number of hydrogen-bond donors (Lipinski definition) is 2. The standard InChI is InChI=1S/C22H31FN4O2/c1-24-22(25-16-21(27(2)3)17-9-11-18(23)12-10-17)26-19-7-5-8-20(15-19)29-14-6-13-28-4/h5,7-12,15,21H,6,13-14,16H2,1-4H3,(H2,24,25,26). The highest BCUT2D eigenvalue weighted by Gasteiger charge is 2.15. The normalized spacial score (nSPS) is 12.7. The van der Waals surface area contributed by atoms with Gasteiger partial charge in [-0.2, -0.15) is 0 Å². The number of guanidine groups is 1. The Balaban J connectivity index is 1.95. The molecule has 2 rings (SSSR count). The van der Waals surface area contributed by atoms with Crippen LogP contribution in [0.15, 0.2) is 53.5 Å². The number of anilines is 1. The Hall–Kier alpha value is -2.64. The van der Waals surface area contributed by atoms with Gasteiger partial charge in [0, 0.05) is 45.5 Å². The van der Waals surface area contributed by atoms with Crippen LogP contribution in [0, 0.1) is 5.82 Å². The molecule has 0 fully saturated rings. The van der Waals surface area contributed by atoms with Crippen LogP contribution < -0.4 is 15.4 Å². The summed E-state index contributed by atoms with van der Waals surface area (Å²) < 4.78 is 24.0. The molecular weight excluding hydrogens is 371 g/mol. The van der Waals surface area contributed by atoms with E-state index in [1.807, 2.05) is 50.5 Å². The second-order valence-electron chi connectivity index (χ2n) is 6.83. The van der Waals surface area contributed by atoms with E-state index in [1.165, 1.54) is 12.1 Å². The minimum absolute atomic E-state index is 0.0737. The molecular formula is C22H31FN4O2. The molecule has 0 aliphatic rings. The number of nitrogens with one attached hydrogen (secondary N) is 2. The summed E-state index contributed by atoms with van der Waals surface area (Å²) >= 11 is 0.